The van der Waals surface area contributed by atoms with Gasteiger partial charge in [0.1, 0.15) is 0 Å². The Bertz CT molecular complexity index is 411. The van der Waals surface area contributed by atoms with Crippen LogP contribution < -0.4 is 5.32 Å². The lowest BCUT2D eigenvalue weighted by molar-refractivity contribution is 0.108. The van der Waals surface area contributed by atoms with E-state index in [9.17, 15) is 9.59 Å². The van der Waals surface area contributed by atoms with Crippen LogP contribution in [0, 0.1) is 0 Å². The monoisotopic (exact) mass is 319 g/mol. The normalized spacial score (nSPS) is 9.76. The molecule has 0 atom stereocenters. The minimum Gasteiger partial charge on any atom is -0.449 e. The molecule has 17 heavy (non-hydrogen) atoms. The van der Waals surface area contributed by atoms with Crippen molar-refractivity contribution in [3.63, 3.8) is 0 Å². The fourth-order valence-electron chi connectivity index (χ4n) is 1.09. The van der Waals surface area contributed by atoms with Crippen LogP contribution in [0.5, 0.6) is 0 Å². The molecule has 0 spiro atoms. The minimum absolute atomic E-state index is 0.324. The molecule has 1 amide bonds. The average molecular weight is 321 g/mol. The van der Waals surface area contributed by atoms with Gasteiger partial charge in [0.25, 0.3) is 5.24 Å². The van der Waals surface area contributed by atoms with Crippen LogP contribution in [0.1, 0.15) is 16.8 Å². The van der Waals surface area contributed by atoms with Gasteiger partial charge >= 0.3 is 6.09 Å². The number of alkyl halides is 1. The lowest BCUT2D eigenvalue weighted by Crippen LogP contribution is -2.14. The molecule has 0 radical (unpaired) electrons. The van der Waals surface area contributed by atoms with Gasteiger partial charge < -0.3 is 4.74 Å². The number of anilines is 1. The number of nitrogens with one attached hydrogen (secondary N) is 1. The first-order chi connectivity index (χ1) is 8.13. The smallest absolute Gasteiger partial charge is 0.411 e. The Hall–Kier alpha value is -1.07. The molecule has 0 saturated heterocycles. The minimum atomic E-state index is -0.568. The molecular weight excluding hydrogens is 309 g/mol. The van der Waals surface area contributed by atoms with Crippen molar-refractivity contribution < 1.29 is 14.3 Å². The van der Waals surface area contributed by atoms with E-state index >= 15 is 0 Å². The van der Waals surface area contributed by atoms with Crippen molar-refractivity contribution in [1.29, 1.82) is 0 Å². The first-order valence-corrected chi connectivity index (χ1v) is 6.43. The molecule has 4 nitrogen and oxygen atoms in total. The molecule has 0 aliphatic rings. The quantitative estimate of drug-likeness (QED) is 0.514. The van der Waals surface area contributed by atoms with E-state index in [1.807, 2.05) is 0 Å². The maximum absolute atomic E-state index is 11.3. The highest BCUT2D eigenvalue weighted by Gasteiger charge is 2.06. The topological polar surface area (TPSA) is 55.4 Å². The van der Waals surface area contributed by atoms with Crippen LogP contribution in [0.3, 0.4) is 0 Å². The molecule has 0 aliphatic heterocycles. The summed E-state index contributed by atoms with van der Waals surface area (Å²) >= 11 is 8.55. The zero-order valence-corrected chi connectivity index (χ0v) is 11.3. The predicted molar refractivity (Wildman–Crippen MR) is 70.0 cm³/mol. The zero-order valence-electron chi connectivity index (χ0n) is 8.91. The molecule has 0 saturated carbocycles. The van der Waals surface area contributed by atoms with Gasteiger partial charge in [0, 0.05) is 16.6 Å². The van der Waals surface area contributed by atoms with E-state index in [4.69, 9.17) is 16.3 Å². The van der Waals surface area contributed by atoms with Crippen LogP contribution >= 0.6 is 27.5 Å². The fourth-order valence-corrected chi connectivity index (χ4v) is 1.44. The number of hydrogen-bond donors (Lipinski definition) is 1. The third-order valence-corrected chi connectivity index (χ3v) is 2.63. The first-order valence-electron chi connectivity index (χ1n) is 4.93. The molecule has 1 rings (SSSR count). The second-order valence-corrected chi connectivity index (χ2v) is 4.29. The molecule has 1 N–H and O–H groups in total. The number of carbonyl (C=O) groups excluding carboxylic acids is 2. The van der Waals surface area contributed by atoms with Crippen molar-refractivity contribution in [2.45, 2.75) is 6.42 Å². The van der Waals surface area contributed by atoms with Crippen molar-refractivity contribution >= 4 is 44.6 Å². The number of rotatable bonds is 5. The van der Waals surface area contributed by atoms with E-state index in [1.165, 1.54) is 6.07 Å². The van der Waals surface area contributed by atoms with Gasteiger partial charge in [-0.15, -0.1) is 0 Å². The highest BCUT2D eigenvalue weighted by Crippen LogP contribution is 2.12. The summed E-state index contributed by atoms with van der Waals surface area (Å²) in [6.07, 6.45) is 0.193. The largest absolute Gasteiger partial charge is 0.449 e. The summed E-state index contributed by atoms with van der Waals surface area (Å²) in [6, 6.07) is 6.33. The van der Waals surface area contributed by atoms with Gasteiger partial charge in [0.2, 0.25) is 0 Å². The summed E-state index contributed by atoms with van der Waals surface area (Å²) < 4.78 is 4.89. The molecule has 6 heteroatoms. The maximum Gasteiger partial charge on any atom is 0.411 e. The molecule has 0 fully saturated rings. The number of benzene rings is 1. The molecular formula is C11H11BrClNO3. The summed E-state index contributed by atoms with van der Waals surface area (Å²) in [7, 11) is 0. The lowest BCUT2D eigenvalue weighted by atomic mass is 10.2. The summed E-state index contributed by atoms with van der Waals surface area (Å²) in [5.41, 5.74) is 0.797. The van der Waals surface area contributed by atoms with Gasteiger partial charge in [-0.3, -0.25) is 10.1 Å². The van der Waals surface area contributed by atoms with E-state index in [-0.39, 0.29) is 0 Å². The van der Waals surface area contributed by atoms with Crippen LogP contribution in [0.4, 0.5) is 10.5 Å². The predicted octanol–water partition coefficient (Wildman–Crippen LogP) is 3.40. The summed E-state index contributed by atoms with van der Waals surface area (Å²) in [4.78, 5) is 22.2. The Kier molecular flexibility index (Phi) is 6.00. The van der Waals surface area contributed by atoms with Gasteiger partial charge in [0.05, 0.1) is 6.61 Å². The Morgan fingerprint density at radius 2 is 2.18 bits per heavy atom. The summed E-state index contributed by atoms with van der Waals surface area (Å²) in [5.74, 6) is 0. The molecule has 0 aliphatic carbocycles. The second-order valence-electron chi connectivity index (χ2n) is 3.16. The van der Waals surface area contributed by atoms with Crippen LogP contribution in [-0.2, 0) is 4.74 Å². The van der Waals surface area contributed by atoms with E-state index in [1.54, 1.807) is 18.2 Å². The third kappa shape index (κ3) is 5.19. The zero-order chi connectivity index (χ0) is 12.7. The Balaban J connectivity index is 2.53. The molecule has 0 heterocycles. The molecule has 1 aromatic carbocycles. The van der Waals surface area contributed by atoms with Crippen LogP contribution in [-0.4, -0.2) is 23.3 Å². The van der Waals surface area contributed by atoms with Crippen LogP contribution in [0.15, 0.2) is 24.3 Å². The molecule has 0 aromatic heterocycles. The van der Waals surface area contributed by atoms with Crippen molar-refractivity contribution in [2.75, 3.05) is 17.3 Å². The molecule has 0 bridgehead atoms. The third-order valence-electron chi connectivity index (χ3n) is 1.85. The van der Waals surface area contributed by atoms with Crippen LogP contribution in [0.25, 0.3) is 0 Å². The highest BCUT2D eigenvalue weighted by molar-refractivity contribution is 9.09. The Labute approximate surface area is 112 Å². The molecule has 1 aromatic rings. The van der Waals surface area contributed by atoms with E-state index in [0.29, 0.717) is 17.9 Å². The van der Waals surface area contributed by atoms with Gasteiger partial charge in [-0.1, -0.05) is 22.0 Å². The van der Waals surface area contributed by atoms with Crippen molar-refractivity contribution in [3.8, 4) is 0 Å². The van der Waals surface area contributed by atoms with E-state index in [0.717, 1.165) is 11.8 Å². The highest BCUT2D eigenvalue weighted by atomic mass is 79.9. The number of halogens is 2. The summed E-state index contributed by atoms with van der Waals surface area (Å²) in [5, 5.41) is 2.71. The SMILES string of the molecule is O=C(Nc1cccc(C(=O)Cl)c1)OCCCBr. The Morgan fingerprint density at radius 3 is 2.82 bits per heavy atom. The lowest BCUT2D eigenvalue weighted by Gasteiger charge is -2.06. The van der Waals surface area contributed by atoms with Gasteiger partial charge in [0.15, 0.2) is 0 Å². The van der Waals surface area contributed by atoms with Crippen molar-refractivity contribution in [1.82, 2.24) is 0 Å². The van der Waals surface area contributed by atoms with E-state index < -0.39 is 11.3 Å². The number of ether oxygens (including phenoxy) is 1. The summed E-state index contributed by atoms with van der Waals surface area (Å²) in [6.45, 7) is 0.339. The Morgan fingerprint density at radius 1 is 1.41 bits per heavy atom. The van der Waals surface area contributed by atoms with Gasteiger partial charge in [-0.25, -0.2) is 4.79 Å². The molecule has 0 unspecified atom stereocenters. The van der Waals surface area contributed by atoms with Gasteiger partial charge in [-0.2, -0.15) is 0 Å². The van der Waals surface area contributed by atoms with Crippen LogP contribution in [0.2, 0.25) is 0 Å². The van der Waals surface area contributed by atoms with Crippen molar-refractivity contribution in [2.24, 2.45) is 0 Å². The molecule has 92 valence electrons. The van der Waals surface area contributed by atoms with Gasteiger partial charge in [-0.05, 0) is 36.2 Å². The fraction of sp³-hybridized carbons (Fsp3) is 0.273. The average Bonchev–Trinajstić information content (AvgIpc) is 2.29. The number of amides is 1. The number of carbonyl (C=O) groups is 2. The van der Waals surface area contributed by atoms with Crippen molar-refractivity contribution in [3.05, 3.63) is 29.8 Å². The second kappa shape index (κ2) is 7.29. The standard InChI is InChI=1S/C11H11BrClNO3/c12-5-2-6-17-11(16)14-9-4-1-3-8(7-9)10(13)15/h1,3-4,7H,2,5-6H2,(H,14,16). The first kappa shape index (κ1) is 14.0. The van der Waals surface area contributed by atoms with E-state index in [2.05, 4.69) is 21.2 Å². The number of hydrogen-bond acceptors (Lipinski definition) is 3. The maximum atomic E-state index is 11.3.